The van der Waals surface area contributed by atoms with Crippen LogP contribution < -0.4 is 5.32 Å². The number of guanidine groups is 1. The Bertz CT molecular complexity index is 610. The highest BCUT2D eigenvalue weighted by molar-refractivity contribution is 5.80. The zero-order valence-corrected chi connectivity index (χ0v) is 17.4. The predicted molar refractivity (Wildman–Crippen MR) is 110 cm³/mol. The van der Waals surface area contributed by atoms with Crippen LogP contribution in [0.25, 0.3) is 0 Å². The number of aliphatic imine (C=N–C) groups is 1. The Morgan fingerprint density at radius 1 is 1.31 bits per heavy atom. The second kappa shape index (κ2) is 12.0. The summed E-state index contributed by atoms with van der Waals surface area (Å²) in [6.45, 7) is 5.92. The van der Waals surface area contributed by atoms with Crippen LogP contribution in [0.15, 0.2) is 35.3 Å². The van der Waals surface area contributed by atoms with Crippen LogP contribution in [0, 0.1) is 5.92 Å². The van der Waals surface area contributed by atoms with Crippen molar-refractivity contribution in [1.29, 1.82) is 0 Å². The summed E-state index contributed by atoms with van der Waals surface area (Å²) >= 11 is 0. The highest BCUT2D eigenvalue weighted by Crippen LogP contribution is 2.18. The van der Waals surface area contributed by atoms with E-state index in [0.29, 0.717) is 38.6 Å². The molecule has 164 valence electrons. The number of hydrogen-bond acceptors (Lipinski definition) is 3. The van der Waals surface area contributed by atoms with E-state index in [-0.39, 0.29) is 0 Å². The quantitative estimate of drug-likeness (QED) is 0.362. The molecule has 1 aliphatic heterocycles. The summed E-state index contributed by atoms with van der Waals surface area (Å²) in [5, 5.41) is 3.29. The summed E-state index contributed by atoms with van der Waals surface area (Å²) in [4.78, 5) is 8.12. The summed E-state index contributed by atoms with van der Waals surface area (Å²) in [6, 6.07) is 10.1. The Balaban J connectivity index is 1.71. The Morgan fingerprint density at radius 2 is 2.07 bits per heavy atom. The number of nitrogens with zero attached hydrogens (tertiary/aromatic N) is 3. The van der Waals surface area contributed by atoms with Crippen LogP contribution in [0.1, 0.15) is 25.3 Å². The molecule has 2 rings (SSSR count). The molecule has 8 heteroatoms. The van der Waals surface area contributed by atoms with Gasteiger partial charge in [-0.05, 0) is 38.9 Å². The first-order valence-electron chi connectivity index (χ1n) is 10.3. The van der Waals surface area contributed by atoms with Crippen LogP contribution in [0.3, 0.4) is 0 Å². The zero-order chi connectivity index (χ0) is 21.1. The number of likely N-dealkylation sites (tertiary alicyclic amines) is 1. The lowest BCUT2D eigenvalue weighted by atomic mass is 10.1. The van der Waals surface area contributed by atoms with Crippen molar-refractivity contribution in [2.45, 2.75) is 32.5 Å². The Kier molecular flexibility index (Phi) is 9.73. The minimum Gasteiger partial charge on any atom is -0.376 e. The van der Waals surface area contributed by atoms with E-state index in [2.05, 4.69) is 27.3 Å². The maximum absolute atomic E-state index is 12.4. The van der Waals surface area contributed by atoms with Gasteiger partial charge in [0, 0.05) is 32.1 Å². The maximum Gasteiger partial charge on any atom is 0.401 e. The molecular weight excluding hydrogens is 381 g/mol. The van der Waals surface area contributed by atoms with E-state index in [0.717, 1.165) is 32.0 Å². The van der Waals surface area contributed by atoms with E-state index < -0.39 is 12.7 Å². The average molecular weight is 415 g/mol. The number of alkyl halides is 3. The summed E-state index contributed by atoms with van der Waals surface area (Å²) in [5.74, 6) is 1.30. The summed E-state index contributed by atoms with van der Waals surface area (Å²) in [6.07, 6.45) is -2.51. The van der Waals surface area contributed by atoms with Gasteiger partial charge in [-0.1, -0.05) is 30.3 Å². The Morgan fingerprint density at radius 3 is 2.76 bits per heavy atom. The van der Waals surface area contributed by atoms with Crippen LogP contribution in [0.2, 0.25) is 0 Å². The fraction of sp³-hybridized carbons (Fsp3) is 0.667. The van der Waals surface area contributed by atoms with Gasteiger partial charge >= 0.3 is 6.18 Å². The van der Waals surface area contributed by atoms with Crippen molar-refractivity contribution in [3.05, 3.63) is 35.9 Å². The molecule has 5 nitrogen and oxygen atoms in total. The smallest absolute Gasteiger partial charge is 0.376 e. The van der Waals surface area contributed by atoms with E-state index in [9.17, 15) is 13.2 Å². The van der Waals surface area contributed by atoms with Crippen molar-refractivity contribution >= 4 is 5.96 Å². The van der Waals surface area contributed by atoms with Crippen molar-refractivity contribution in [3.8, 4) is 0 Å². The van der Waals surface area contributed by atoms with Gasteiger partial charge in [-0.15, -0.1) is 0 Å². The molecule has 0 spiro atoms. The summed E-state index contributed by atoms with van der Waals surface area (Å²) < 4.78 is 43.0. The van der Waals surface area contributed by atoms with Crippen molar-refractivity contribution < 1.29 is 17.9 Å². The third kappa shape index (κ3) is 9.49. The number of benzene rings is 1. The third-order valence-corrected chi connectivity index (χ3v) is 4.79. The molecule has 0 radical (unpaired) electrons. The summed E-state index contributed by atoms with van der Waals surface area (Å²) in [7, 11) is 1.49. The largest absolute Gasteiger partial charge is 0.401 e. The summed E-state index contributed by atoms with van der Waals surface area (Å²) in [5.41, 5.74) is 1.17. The molecular formula is C21H33F3N4O. The lowest BCUT2D eigenvalue weighted by Crippen LogP contribution is -2.40. The van der Waals surface area contributed by atoms with Crippen molar-refractivity contribution in [2.24, 2.45) is 10.9 Å². The highest BCUT2D eigenvalue weighted by atomic mass is 19.4. The van der Waals surface area contributed by atoms with Gasteiger partial charge < -0.3 is 15.0 Å². The van der Waals surface area contributed by atoms with Crippen molar-refractivity contribution in [2.75, 3.05) is 52.9 Å². The van der Waals surface area contributed by atoms with Gasteiger partial charge in [-0.3, -0.25) is 9.89 Å². The van der Waals surface area contributed by atoms with E-state index in [4.69, 9.17) is 4.74 Å². The average Bonchev–Trinajstić information content (AvgIpc) is 3.12. The van der Waals surface area contributed by atoms with E-state index in [1.807, 2.05) is 25.1 Å². The number of hydrogen-bond donors (Lipinski definition) is 1. The van der Waals surface area contributed by atoms with Crippen LogP contribution in [0.4, 0.5) is 13.2 Å². The first kappa shape index (κ1) is 23.5. The van der Waals surface area contributed by atoms with Gasteiger partial charge in [0.15, 0.2) is 5.96 Å². The standard InChI is InChI=1S/C21H33F3N4O/c1-3-25-20(26-11-7-12-27(2)17-21(22,23)24)28-13-10-19(14-28)16-29-15-18-8-5-4-6-9-18/h4-6,8-9,19H,3,7,10-17H2,1-2H3,(H,25,26). The molecule has 1 aromatic rings. The Labute approximate surface area is 171 Å². The molecule has 0 saturated carbocycles. The van der Waals surface area contributed by atoms with Gasteiger partial charge in [0.25, 0.3) is 0 Å². The number of halogens is 3. The molecule has 0 bridgehead atoms. The molecule has 0 aliphatic carbocycles. The van der Waals surface area contributed by atoms with E-state index >= 15 is 0 Å². The molecule has 1 N–H and O–H groups in total. The van der Waals surface area contributed by atoms with Gasteiger partial charge in [0.2, 0.25) is 0 Å². The molecule has 0 amide bonds. The Hall–Kier alpha value is -1.80. The van der Waals surface area contributed by atoms with Crippen molar-refractivity contribution in [1.82, 2.24) is 15.1 Å². The third-order valence-electron chi connectivity index (χ3n) is 4.79. The van der Waals surface area contributed by atoms with E-state index in [1.54, 1.807) is 0 Å². The monoisotopic (exact) mass is 414 g/mol. The molecule has 1 atom stereocenters. The number of ether oxygens (including phenoxy) is 1. The molecule has 1 saturated heterocycles. The van der Waals surface area contributed by atoms with Gasteiger partial charge in [0.05, 0.1) is 19.8 Å². The normalized spacial score (nSPS) is 17.9. The predicted octanol–water partition coefficient (Wildman–Crippen LogP) is 3.37. The number of nitrogens with one attached hydrogen (secondary N) is 1. The van der Waals surface area contributed by atoms with Gasteiger partial charge in [-0.2, -0.15) is 13.2 Å². The molecule has 1 unspecified atom stereocenters. The van der Waals surface area contributed by atoms with Crippen LogP contribution >= 0.6 is 0 Å². The number of rotatable bonds is 10. The lowest BCUT2D eigenvalue weighted by molar-refractivity contribution is -0.143. The molecule has 1 aromatic carbocycles. The fourth-order valence-electron chi connectivity index (χ4n) is 3.42. The molecule has 1 heterocycles. The van der Waals surface area contributed by atoms with Crippen LogP contribution in [-0.2, 0) is 11.3 Å². The molecule has 0 aromatic heterocycles. The van der Waals surface area contributed by atoms with Crippen LogP contribution in [-0.4, -0.2) is 74.9 Å². The zero-order valence-electron chi connectivity index (χ0n) is 17.4. The maximum atomic E-state index is 12.4. The topological polar surface area (TPSA) is 40.1 Å². The fourth-order valence-corrected chi connectivity index (χ4v) is 3.42. The second-order valence-corrected chi connectivity index (χ2v) is 7.54. The second-order valence-electron chi connectivity index (χ2n) is 7.54. The minimum absolute atomic E-state index is 0.373. The molecule has 1 fully saturated rings. The first-order valence-corrected chi connectivity index (χ1v) is 10.3. The van der Waals surface area contributed by atoms with Gasteiger partial charge in [0.1, 0.15) is 0 Å². The van der Waals surface area contributed by atoms with Crippen molar-refractivity contribution in [3.63, 3.8) is 0 Å². The first-order chi connectivity index (χ1) is 13.9. The minimum atomic E-state index is -4.15. The van der Waals surface area contributed by atoms with Gasteiger partial charge in [-0.25, -0.2) is 0 Å². The van der Waals surface area contributed by atoms with E-state index in [1.165, 1.54) is 17.5 Å². The molecule has 1 aliphatic rings. The SMILES string of the molecule is CCNC(=NCCCN(C)CC(F)(F)F)N1CCC(COCc2ccccc2)C1. The lowest BCUT2D eigenvalue weighted by Gasteiger charge is -2.22. The van der Waals surface area contributed by atoms with Crippen LogP contribution in [0.5, 0.6) is 0 Å². The highest BCUT2D eigenvalue weighted by Gasteiger charge is 2.29. The molecule has 29 heavy (non-hydrogen) atoms.